The van der Waals surface area contributed by atoms with Crippen LogP contribution in [0.5, 0.6) is 0 Å². The Kier molecular flexibility index (Phi) is 9.16. The van der Waals surface area contributed by atoms with Gasteiger partial charge in [-0.25, -0.2) is 21.6 Å². The summed E-state index contributed by atoms with van der Waals surface area (Å²) in [5.41, 5.74) is 1.02. The molecular formula is C28H32BrN5O6S2. The van der Waals surface area contributed by atoms with Gasteiger partial charge in [0.15, 0.2) is 9.84 Å². The number of rotatable bonds is 8. The molecule has 0 spiro atoms. The van der Waals surface area contributed by atoms with Crippen molar-refractivity contribution in [1.82, 2.24) is 19.9 Å². The third-order valence-electron chi connectivity index (χ3n) is 7.73. The van der Waals surface area contributed by atoms with Crippen molar-refractivity contribution in [2.24, 2.45) is 5.92 Å². The third kappa shape index (κ3) is 7.28. The minimum atomic E-state index is -4.03. The van der Waals surface area contributed by atoms with E-state index < -0.39 is 31.8 Å². The van der Waals surface area contributed by atoms with Crippen LogP contribution in [0.2, 0.25) is 0 Å². The van der Waals surface area contributed by atoms with Gasteiger partial charge in [0.2, 0.25) is 21.8 Å². The summed E-state index contributed by atoms with van der Waals surface area (Å²) in [6.45, 7) is 0.909. The van der Waals surface area contributed by atoms with Gasteiger partial charge in [0, 0.05) is 61.2 Å². The average molecular weight is 679 g/mol. The van der Waals surface area contributed by atoms with E-state index in [0.717, 1.165) is 20.9 Å². The molecule has 2 amide bonds. The smallest absolute Gasteiger partial charge is 0.246 e. The summed E-state index contributed by atoms with van der Waals surface area (Å²) in [6, 6.07) is 12.9. The number of hydrogen-bond donors (Lipinski definition) is 2. The van der Waals surface area contributed by atoms with E-state index in [9.17, 15) is 26.4 Å². The summed E-state index contributed by atoms with van der Waals surface area (Å²) in [7, 11) is -7.27. The number of carbonyl (C=O) groups is 2. The summed E-state index contributed by atoms with van der Waals surface area (Å²) >= 11 is 3.41. The molecule has 0 aliphatic carbocycles. The van der Waals surface area contributed by atoms with E-state index in [2.05, 4.69) is 35.9 Å². The average Bonchev–Trinajstić information content (AvgIpc) is 2.99. The molecule has 3 aromatic rings. The monoisotopic (exact) mass is 677 g/mol. The number of nitrogens with zero attached hydrogens (tertiary/aromatic N) is 3. The van der Waals surface area contributed by atoms with E-state index in [0.29, 0.717) is 25.9 Å². The number of sulfonamides is 1. The second kappa shape index (κ2) is 12.7. The number of pyridine rings is 1. The Bertz CT molecular complexity index is 1670. The Morgan fingerprint density at radius 1 is 0.952 bits per heavy atom. The van der Waals surface area contributed by atoms with E-state index in [-0.39, 0.29) is 47.9 Å². The first-order valence-corrected chi connectivity index (χ1v) is 17.7. The van der Waals surface area contributed by atoms with E-state index in [1.165, 1.54) is 11.0 Å². The summed E-state index contributed by atoms with van der Waals surface area (Å²) in [5, 5.41) is 4.37. The number of benzene rings is 2. The zero-order valence-corrected chi connectivity index (χ0v) is 26.0. The van der Waals surface area contributed by atoms with Crippen molar-refractivity contribution in [3.05, 3.63) is 65.4 Å². The van der Waals surface area contributed by atoms with Crippen LogP contribution in [0.25, 0.3) is 10.8 Å². The van der Waals surface area contributed by atoms with Crippen molar-refractivity contribution < 1.29 is 26.4 Å². The first kappa shape index (κ1) is 30.4. The largest absolute Gasteiger partial charge is 0.371 e. The maximum Gasteiger partial charge on any atom is 0.246 e. The second-order valence-electron chi connectivity index (χ2n) is 10.5. The predicted molar refractivity (Wildman–Crippen MR) is 163 cm³/mol. The summed E-state index contributed by atoms with van der Waals surface area (Å²) < 4.78 is 53.7. The molecule has 14 heteroatoms. The topological polar surface area (TPSA) is 146 Å². The molecule has 2 aliphatic heterocycles. The highest BCUT2D eigenvalue weighted by molar-refractivity contribution is 9.10. The molecule has 0 bridgehead atoms. The SMILES string of the molecule is O=C(NC(CNS(=O)(=O)c1ccc2cc(Br)ccc2c1)C(=O)N1CCS(=O)(=O)CC1)C1CCN(c2ccncc2)CC1. The molecule has 0 saturated carbocycles. The van der Waals surface area contributed by atoms with Gasteiger partial charge >= 0.3 is 0 Å². The molecule has 5 rings (SSSR count). The Hall–Kier alpha value is -3.07. The Morgan fingerprint density at radius 2 is 1.60 bits per heavy atom. The van der Waals surface area contributed by atoms with Crippen molar-refractivity contribution in [3.63, 3.8) is 0 Å². The van der Waals surface area contributed by atoms with Gasteiger partial charge in [-0.1, -0.05) is 28.1 Å². The third-order valence-corrected chi connectivity index (χ3v) is 11.2. The van der Waals surface area contributed by atoms with Gasteiger partial charge in [-0.3, -0.25) is 14.6 Å². The fourth-order valence-electron chi connectivity index (χ4n) is 5.24. The van der Waals surface area contributed by atoms with E-state index in [1.54, 1.807) is 30.6 Å². The van der Waals surface area contributed by atoms with Crippen LogP contribution in [0.3, 0.4) is 0 Å². The van der Waals surface area contributed by atoms with Crippen molar-refractivity contribution in [2.75, 3.05) is 49.1 Å². The van der Waals surface area contributed by atoms with Gasteiger partial charge in [0.1, 0.15) is 6.04 Å². The quantitative estimate of drug-likeness (QED) is 0.368. The zero-order valence-electron chi connectivity index (χ0n) is 22.8. The Labute approximate surface area is 253 Å². The van der Waals surface area contributed by atoms with Crippen LogP contribution >= 0.6 is 15.9 Å². The maximum absolute atomic E-state index is 13.5. The Balaban J connectivity index is 1.28. The molecule has 2 N–H and O–H groups in total. The van der Waals surface area contributed by atoms with Crippen molar-refractivity contribution in [1.29, 1.82) is 0 Å². The highest BCUT2D eigenvalue weighted by Gasteiger charge is 2.34. The van der Waals surface area contributed by atoms with Crippen molar-refractivity contribution in [2.45, 2.75) is 23.8 Å². The molecule has 0 radical (unpaired) electrons. The number of amides is 2. The van der Waals surface area contributed by atoms with Crippen LogP contribution in [-0.4, -0.2) is 88.8 Å². The number of sulfone groups is 1. The molecule has 224 valence electrons. The molecule has 1 unspecified atom stereocenters. The fourth-order valence-corrected chi connectivity index (χ4v) is 7.90. The molecule has 1 atom stereocenters. The second-order valence-corrected chi connectivity index (χ2v) is 15.5. The highest BCUT2D eigenvalue weighted by atomic mass is 79.9. The molecule has 11 nitrogen and oxygen atoms in total. The summed E-state index contributed by atoms with van der Waals surface area (Å²) in [4.78, 5) is 34.4. The molecule has 2 saturated heterocycles. The van der Waals surface area contributed by atoms with Crippen LogP contribution in [0.4, 0.5) is 5.69 Å². The van der Waals surface area contributed by atoms with Gasteiger partial charge in [-0.2, -0.15) is 0 Å². The van der Waals surface area contributed by atoms with Crippen LogP contribution < -0.4 is 14.9 Å². The number of halogens is 1. The zero-order chi connectivity index (χ0) is 29.9. The lowest BCUT2D eigenvalue weighted by atomic mass is 9.95. The van der Waals surface area contributed by atoms with Crippen molar-refractivity contribution >= 4 is 64.1 Å². The van der Waals surface area contributed by atoms with Gasteiger partial charge in [0.05, 0.1) is 16.4 Å². The maximum atomic E-state index is 13.5. The fraction of sp³-hybridized carbons (Fsp3) is 0.393. The van der Waals surface area contributed by atoms with Crippen molar-refractivity contribution in [3.8, 4) is 0 Å². The first-order valence-electron chi connectivity index (χ1n) is 13.6. The van der Waals surface area contributed by atoms with E-state index in [4.69, 9.17) is 0 Å². The van der Waals surface area contributed by atoms with Crippen LogP contribution in [0.15, 0.2) is 70.3 Å². The molecular weight excluding hydrogens is 646 g/mol. The van der Waals surface area contributed by atoms with Gasteiger partial charge in [0.25, 0.3) is 0 Å². The number of aromatic nitrogens is 1. The van der Waals surface area contributed by atoms with E-state index in [1.807, 2.05) is 24.3 Å². The van der Waals surface area contributed by atoms with Crippen LogP contribution in [-0.2, 0) is 29.4 Å². The number of piperidine rings is 1. The van der Waals surface area contributed by atoms with Gasteiger partial charge < -0.3 is 15.1 Å². The number of hydrogen-bond acceptors (Lipinski definition) is 8. The summed E-state index contributed by atoms with van der Waals surface area (Å²) in [6.07, 6.45) is 4.56. The van der Waals surface area contributed by atoms with Gasteiger partial charge in [-0.05, 0) is 60.0 Å². The Morgan fingerprint density at radius 3 is 2.29 bits per heavy atom. The summed E-state index contributed by atoms with van der Waals surface area (Å²) in [5.74, 6) is -1.55. The minimum absolute atomic E-state index is 0.00908. The lowest BCUT2D eigenvalue weighted by molar-refractivity contribution is -0.137. The lowest BCUT2D eigenvalue weighted by Crippen LogP contribution is -2.57. The van der Waals surface area contributed by atoms with Gasteiger partial charge in [-0.15, -0.1) is 0 Å². The number of nitrogens with one attached hydrogen (secondary N) is 2. The highest BCUT2D eigenvalue weighted by Crippen LogP contribution is 2.24. The molecule has 1 aromatic heterocycles. The predicted octanol–water partition coefficient (Wildman–Crippen LogP) is 1.93. The van der Waals surface area contributed by atoms with Crippen LogP contribution in [0.1, 0.15) is 12.8 Å². The normalized spacial score (nSPS) is 18.5. The first-order chi connectivity index (χ1) is 20.0. The molecule has 2 aliphatic rings. The number of fused-ring (bicyclic) bond motifs is 1. The number of anilines is 1. The van der Waals surface area contributed by atoms with Crippen LogP contribution in [0, 0.1) is 5.92 Å². The minimum Gasteiger partial charge on any atom is -0.371 e. The molecule has 2 fully saturated rings. The molecule has 3 heterocycles. The molecule has 42 heavy (non-hydrogen) atoms. The standard InChI is InChI=1S/C28H32BrN5O6S2/c29-23-3-1-22-18-25(4-2-21(22)17-23)42(39,40)31-19-26(28(36)34-13-15-41(37,38)16-14-34)32-27(35)20-7-11-33(12-8-20)24-5-9-30-10-6-24/h1-6,9-10,17-18,20,26,31H,7-8,11-16,19H2,(H,32,35). The molecule has 2 aromatic carbocycles. The lowest BCUT2D eigenvalue weighted by Gasteiger charge is -2.34. The number of carbonyl (C=O) groups excluding carboxylic acids is 2. The van der Waals surface area contributed by atoms with E-state index >= 15 is 0 Å².